The molecule has 0 aliphatic heterocycles. The normalized spacial score (nSPS) is 36.4. The molecule has 0 saturated heterocycles. The van der Waals surface area contributed by atoms with E-state index >= 15 is 0 Å². The lowest BCUT2D eigenvalue weighted by molar-refractivity contribution is -0.164. The monoisotopic (exact) mass is 266 g/mol. The Balaban J connectivity index is 1.98. The molecule has 0 N–H and O–H groups in total. The molecule has 3 atom stereocenters. The molecule has 0 spiro atoms. The summed E-state index contributed by atoms with van der Waals surface area (Å²) in [4.78, 5) is 12.6. The summed E-state index contributed by atoms with van der Waals surface area (Å²) >= 11 is 0. The first kappa shape index (κ1) is 14.9. The van der Waals surface area contributed by atoms with Gasteiger partial charge in [-0.05, 0) is 63.7 Å². The van der Waals surface area contributed by atoms with Crippen molar-refractivity contribution >= 4 is 5.97 Å². The zero-order valence-electron chi connectivity index (χ0n) is 12.9. The van der Waals surface area contributed by atoms with Gasteiger partial charge in [-0.3, -0.25) is 4.79 Å². The van der Waals surface area contributed by atoms with Crippen LogP contribution in [0.25, 0.3) is 0 Å². The number of hydrogen-bond acceptors (Lipinski definition) is 2. The maximum atomic E-state index is 12.6. The molecule has 2 saturated carbocycles. The van der Waals surface area contributed by atoms with E-state index < -0.39 is 0 Å². The second-order valence-electron chi connectivity index (χ2n) is 7.11. The molecule has 0 aromatic carbocycles. The first-order valence-electron chi connectivity index (χ1n) is 8.27. The summed E-state index contributed by atoms with van der Waals surface area (Å²) in [6, 6.07) is 0. The van der Waals surface area contributed by atoms with Gasteiger partial charge in [0.05, 0.1) is 5.41 Å². The van der Waals surface area contributed by atoms with Gasteiger partial charge in [-0.15, -0.1) is 0 Å². The largest absolute Gasteiger partial charge is 0.462 e. The van der Waals surface area contributed by atoms with Crippen molar-refractivity contribution in [3.63, 3.8) is 0 Å². The Hall–Kier alpha value is -0.530. The van der Waals surface area contributed by atoms with Crippen LogP contribution in [0, 0.1) is 17.3 Å². The highest BCUT2D eigenvalue weighted by molar-refractivity contribution is 5.77. The fourth-order valence-electron chi connectivity index (χ4n) is 4.22. The molecule has 2 rings (SSSR count). The highest BCUT2D eigenvalue weighted by Crippen LogP contribution is 2.49. The van der Waals surface area contributed by atoms with Crippen molar-refractivity contribution in [2.24, 2.45) is 17.3 Å². The zero-order valence-corrected chi connectivity index (χ0v) is 12.9. The molecule has 3 unspecified atom stereocenters. The van der Waals surface area contributed by atoms with Crippen molar-refractivity contribution in [1.82, 2.24) is 0 Å². The maximum Gasteiger partial charge on any atom is 0.312 e. The van der Waals surface area contributed by atoms with Gasteiger partial charge < -0.3 is 4.74 Å². The number of esters is 1. The van der Waals surface area contributed by atoms with Gasteiger partial charge >= 0.3 is 5.97 Å². The number of carbonyl (C=O) groups excluding carboxylic acids is 1. The summed E-state index contributed by atoms with van der Waals surface area (Å²) in [5.41, 5.74) is -0.215. The molecule has 2 heteroatoms. The van der Waals surface area contributed by atoms with Gasteiger partial charge in [0.1, 0.15) is 6.10 Å². The van der Waals surface area contributed by atoms with E-state index in [4.69, 9.17) is 4.74 Å². The minimum absolute atomic E-state index is 0.0993. The Kier molecular flexibility index (Phi) is 4.92. The van der Waals surface area contributed by atoms with Gasteiger partial charge in [0.2, 0.25) is 0 Å². The van der Waals surface area contributed by atoms with Gasteiger partial charge in [-0.1, -0.05) is 26.7 Å². The van der Waals surface area contributed by atoms with Gasteiger partial charge in [-0.25, -0.2) is 0 Å². The summed E-state index contributed by atoms with van der Waals surface area (Å²) in [6.07, 6.45) is 10.7. The van der Waals surface area contributed by atoms with Gasteiger partial charge in [-0.2, -0.15) is 0 Å². The Labute approximate surface area is 118 Å². The van der Waals surface area contributed by atoms with E-state index in [0.29, 0.717) is 11.8 Å². The molecule has 2 aliphatic rings. The van der Waals surface area contributed by atoms with Crippen LogP contribution in [0.4, 0.5) is 0 Å². The lowest BCUT2D eigenvalue weighted by Crippen LogP contribution is -2.36. The van der Waals surface area contributed by atoms with Crippen LogP contribution in [0.3, 0.4) is 0 Å². The molecule has 0 aromatic heterocycles. The van der Waals surface area contributed by atoms with E-state index in [-0.39, 0.29) is 17.5 Å². The average molecular weight is 266 g/mol. The highest BCUT2D eigenvalue weighted by Gasteiger charge is 2.48. The van der Waals surface area contributed by atoms with E-state index in [1.165, 1.54) is 38.5 Å². The Morgan fingerprint density at radius 3 is 2.58 bits per heavy atom. The van der Waals surface area contributed by atoms with Crippen LogP contribution in [0.2, 0.25) is 0 Å². The van der Waals surface area contributed by atoms with Crippen molar-refractivity contribution in [3.8, 4) is 0 Å². The topological polar surface area (TPSA) is 26.3 Å². The van der Waals surface area contributed by atoms with E-state index in [2.05, 4.69) is 20.8 Å². The first-order valence-corrected chi connectivity index (χ1v) is 8.27. The van der Waals surface area contributed by atoms with Crippen molar-refractivity contribution in [3.05, 3.63) is 0 Å². The Bertz CT molecular complexity index is 306. The third-order valence-electron chi connectivity index (χ3n) is 5.29. The quantitative estimate of drug-likeness (QED) is 0.688. The van der Waals surface area contributed by atoms with Crippen LogP contribution in [0.15, 0.2) is 0 Å². The molecule has 2 nitrogen and oxygen atoms in total. The van der Waals surface area contributed by atoms with Gasteiger partial charge in [0, 0.05) is 0 Å². The van der Waals surface area contributed by atoms with E-state index in [1.807, 2.05) is 0 Å². The second-order valence-corrected chi connectivity index (χ2v) is 7.11. The van der Waals surface area contributed by atoms with Crippen LogP contribution in [0.1, 0.15) is 78.6 Å². The summed E-state index contributed by atoms with van der Waals surface area (Å²) in [5.74, 6) is 1.30. The second kappa shape index (κ2) is 6.28. The van der Waals surface area contributed by atoms with Gasteiger partial charge in [0.25, 0.3) is 0 Å². The number of rotatable bonds is 4. The molecular weight excluding hydrogens is 236 g/mol. The molecule has 0 aromatic rings. The fraction of sp³-hybridized carbons (Fsp3) is 0.941. The van der Waals surface area contributed by atoms with Gasteiger partial charge in [0.15, 0.2) is 0 Å². The van der Waals surface area contributed by atoms with Crippen LogP contribution < -0.4 is 0 Å². The summed E-state index contributed by atoms with van der Waals surface area (Å²) in [5, 5.41) is 0. The number of ether oxygens (including phenoxy) is 1. The summed E-state index contributed by atoms with van der Waals surface area (Å²) in [7, 11) is 0. The van der Waals surface area contributed by atoms with Crippen LogP contribution >= 0.6 is 0 Å². The van der Waals surface area contributed by atoms with Crippen molar-refractivity contribution in [2.75, 3.05) is 0 Å². The average Bonchev–Trinajstić information content (AvgIpc) is 2.67. The Morgan fingerprint density at radius 1 is 1.26 bits per heavy atom. The predicted octanol–water partition coefficient (Wildman–Crippen LogP) is 4.71. The summed E-state index contributed by atoms with van der Waals surface area (Å²) < 4.78 is 5.86. The molecule has 0 heterocycles. The zero-order chi connectivity index (χ0) is 13.9. The lowest BCUT2D eigenvalue weighted by atomic mass is 9.77. The molecule has 0 amide bonds. The lowest BCUT2D eigenvalue weighted by Gasteiger charge is -2.32. The first-order chi connectivity index (χ1) is 9.06. The summed E-state index contributed by atoms with van der Waals surface area (Å²) in [6.45, 7) is 6.65. The third-order valence-corrected chi connectivity index (χ3v) is 5.29. The molecule has 2 aliphatic carbocycles. The molecule has 0 radical (unpaired) electrons. The molecule has 19 heavy (non-hydrogen) atoms. The van der Waals surface area contributed by atoms with E-state index in [1.54, 1.807) is 0 Å². The van der Waals surface area contributed by atoms with Crippen molar-refractivity contribution < 1.29 is 9.53 Å². The van der Waals surface area contributed by atoms with Crippen LogP contribution in [-0.4, -0.2) is 12.1 Å². The SMILES string of the molecule is CCCC1CC(C)CC1(C)C(=O)OC1CCCCC1. The van der Waals surface area contributed by atoms with Crippen LogP contribution in [-0.2, 0) is 9.53 Å². The number of hydrogen-bond donors (Lipinski definition) is 0. The van der Waals surface area contributed by atoms with E-state index in [9.17, 15) is 4.79 Å². The highest BCUT2D eigenvalue weighted by atomic mass is 16.5. The molecule has 2 fully saturated rings. The Morgan fingerprint density at radius 2 is 1.95 bits per heavy atom. The maximum absolute atomic E-state index is 12.6. The fourth-order valence-corrected chi connectivity index (χ4v) is 4.22. The standard InChI is InChI=1S/C17H30O2/c1-4-8-14-11-13(2)12-17(14,3)16(18)19-15-9-6-5-7-10-15/h13-15H,4-12H2,1-3H3. The molecule has 0 bridgehead atoms. The number of carbonyl (C=O) groups is 1. The predicted molar refractivity (Wildman–Crippen MR) is 77.9 cm³/mol. The minimum atomic E-state index is -0.215. The van der Waals surface area contributed by atoms with Crippen molar-refractivity contribution in [2.45, 2.75) is 84.7 Å². The van der Waals surface area contributed by atoms with Crippen LogP contribution in [0.5, 0.6) is 0 Å². The van der Waals surface area contributed by atoms with E-state index in [0.717, 1.165) is 19.3 Å². The molecule has 110 valence electrons. The van der Waals surface area contributed by atoms with Crippen molar-refractivity contribution in [1.29, 1.82) is 0 Å². The smallest absolute Gasteiger partial charge is 0.312 e. The third kappa shape index (κ3) is 3.32. The minimum Gasteiger partial charge on any atom is -0.462 e. The molecular formula is C17H30O2.